The van der Waals surface area contributed by atoms with Gasteiger partial charge in [0, 0.05) is 6.61 Å². The molecule has 1 heterocycles. The first kappa shape index (κ1) is 12.4. The molecule has 0 aliphatic carbocycles. The third-order valence-electron chi connectivity index (χ3n) is 2.71. The summed E-state index contributed by atoms with van der Waals surface area (Å²) >= 11 is 4.77. The van der Waals surface area contributed by atoms with Gasteiger partial charge in [-0.15, -0.1) is 0 Å². The van der Waals surface area contributed by atoms with E-state index in [-0.39, 0.29) is 23.0 Å². The molecule has 0 aromatic carbocycles. The van der Waals surface area contributed by atoms with Crippen molar-refractivity contribution in [2.24, 2.45) is 11.7 Å². The quantitative estimate of drug-likeness (QED) is 0.694. The lowest BCUT2D eigenvalue weighted by atomic mass is 10.1. The average Bonchev–Trinajstić information content (AvgIpc) is 2.68. The van der Waals surface area contributed by atoms with Crippen LogP contribution >= 0.6 is 12.2 Å². The number of hydrogen-bond acceptors (Lipinski definition) is 3. The number of nitrogens with two attached hydrogens (primary N) is 1. The first-order chi connectivity index (χ1) is 7.02. The molecule has 0 aromatic heterocycles. The lowest BCUT2D eigenvalue weighted by Crippen LogP contribution is -2.45. The number of rotatable bonds is 4. The summed E-state index contributed by atoms with van der Waals surface area (Å²) in [5, 5.41) is 2.87. The minimum absolute atomic E-state index is 0.0248. The van der Waals surface area contributed by atoms with Crippen LogP contribution in [0, 0.1) is 5.92 Å². The molecule has 1 rings (SSSR count). The summed E-state index contributed by atoms with van der Waals surface area (Å²) in [7, 11) is 0. The fourth-order valence-corrected chi connectivity index (χ4v) is 1.68. The third-order valence-corrected chi connectivity index (χ3v) is 3.07. The molecule has 1 fully saturated rings. The van der Waals surface area contributed by atoms with Gasteiger partial charge in [-0.25, -0.2) is 0 Å². The first-order valence-corrected chi connectivity index (χ1v) is 5.64. The van der Waals surface area contributed by atoms with Crippen LogP contribution in [0.25, 0.3) is 0 Å². The lowest BCUT2D eigenvalue weighted by Gasteiger charge is -2.21. The predicted octanol–water partition coefficient (Wildman–Crippen LogP) is 0.592. The molecular weight excluding hydrogens is 212 g/mol. The second-order valence-corrected chi connectivity index (χ2v) is 4.44. The van der Waals surface area contributed by atoms with Crippen LogP contribution in [-0.2, 0) is 9.53 Å². The summed E-state index contributed by atoms with van der Waals surface area (Å²) in [6, 6.07) is 0.0248. The SMILES string of the molecule is CC(C(=O)NC(C)C1CCCO1)C(N)=S. The molecule has 3 unspecified atom stereocenters. The van der Waals surface area contributed by atoms with E-state index in [1.807, 2.05) is 6.92 Å². The fraction of sp³-hybridized carbons (Fsp3) is 0.800. The molecule has 0 bridgehead atoms. The molecule has 86 valence electrons. The zero-order valence-corrected chi connectivity index (χ0v) is 9.97. The number of hydrogen-bond donors (Lipinski definition) is 2. The molecule has 1 aliphatic rings. The minimum atomic E-state index is -0.413. The highest BCUT2D eigenvalue weighted by Gasteiger charge is 2.25. The van der Waals surface area contributed by atoms with Crippen molar-refractivity contribution >= 4 is 23.1 Å². The summed E-state index contributed by atoms with van der Waals surface area (Å²) in [6.07, 6.45) is 2.20. The van der Waals surface area contributed by atoms with Gasteiger partial charge in [-0.1, -0.05) is 12.2 Å². The van der Waals surface area contributed by atoms with Crippen molar-refractivity contribution in [3.63, 3.8) is 0 Å². The molecule has 0 spiro atoms. The van der Waals surface area contributed by atoms with E-state index in [1.165, 1.54) is 0 Å². The van der Waals surface area contributed by atoms with Crippen molar-refractivity contribution < 1.29 is 9.53 Å². The predicted molar refractivity (Wildman–Crippen MR) is 62.5 cm³/mol. The molecule has 4 nitrogen and oxygen atoms in total. The van der Waals surface area contributed by atoms with Crippen LogP contribution in [-0.4, -0.2) is 29.6 Å². The number of ether oxygens (including phenoxy) is 1. The Kier molecular flexibility index (Phi) is 4.47. The van der Waals surface area contributed by atoms with Crippen molar-refractivity contribution in [1.29, 1.82) is 0 Å². The topological polar surface area (TPSA) is 64.3 Å². The van der Waals surface area contributed by atoms with Crippen LogP contribution in [0.15, 0.2) is 0 Å². The first-order valence-electron chi connectivity index (χ1n) is 5.23. The highest BCUT2D eigenvalue weighted by molar-refractivity contribution is 7.80. The Balaban J connectivity index is 2.39. The monoisotopic (exact) mass is 230 g/mol. The van der Waals surface area contributed by atoms with Gasteiger partial charge >= 0.3 is 0 Å². The highest BCUT2D eigenvalue weighted by Crippen LogP contribution is 2.15. The van der Waals surface area contributed by atoms with E-state index in [2.05, 4.69) is 5.32 Å². The average molecular weight is 230 g/mol. The van der Waals surface area contributed by atoms with E-state index in [4.69, 9.17) is 22.7 Å². The summed E-state index contributed by atoms with van der Waals surface area (Å²) in [4.78, 5) is 11.8. The van der Waals surface area contributed by atoms with Crippen LogP contribution in [0.3, 0.4) is 0 Å². The van der Waals surface area contributed by atoms with Gasteiger partial charge in [0.05, 0.1) is 23.1 Å². The van der Waals surface area contributed by atoms with Crippen LogP contribution in [0.1, 0.15) is 26.7 Å². The van der Waals surface area contributed by atoms with E-state index in [0.29, 0.717) is 0 Å². The molecule has 1 saturated heterocycles. The van der Waals surface area contributed by atoms with E-state index in [0.717, 1.165) is 19.4 Å². The van der Waals surface area contributed by atoms with E-state index in [1.54, 1.807) is 6.92 Å². The van der Waals surface area contributed by atoms with Crippen molar-refractivity contribution in [1.82, 2.24) is 5.32 Å². The molecular formula is C10H18N2O2S. The lowest BCUT2D eigenvalue weighted by molar-refractivity contribution is -0.124. The number of nitrogens with one attached hydrogen (secondary N) is 1. The number of thiocarbonyl (C=S) groups is 1. The van der Waals surface area contributed by atoms with Gasteiger partial charge in [0.1, 0.15) is 0 Å². The van der Waals surface area contributed by atoms with Gasteiger partial charge in [0.15, 0.2) is 0 Å². The van der Waals surface area contributed by atoms with Crippen molar-refractivity contribution in [2.45, 2.75) is 38.8 Å². The normalized spacial score (nSPS) is 24.5. The third kappa shape index (κ3) is 3.43. The molecule has 3 N–H and O–H groups in total. The van der Waals surface area contributed by atoms with E-state index in [9.17, 15) is 4.79 Å². The fourth-order valence-electron chi connectivity index (χ4n) is 1.57. The Bertz CT molecular complexity index is 252. The molecule has 0 aromatic rings. The van der Waals surface area contributed by atoms with Gasteiger partial charge in [-0.2, -0.15) is 0 Å². The Morgan fingerprint density at radius 3 is 2.73 bits per heavy atom. The molecule has 5 heteroatoms. The van der Waals surface area contributed by atoms with Crippen LogP contribution in [0.5, 0.6) is 0 Å². The minimum Gasteiger partial charge on any atom is -0.393 e. The van der Waals surface area contributed by atoms with Gasteiger partial charge in [0.2, 0.25) is 5.91 Å². The maximum Gasteiger partial charge on any atom is 0.229 e. The number of amides is 1. The number of carbonyl (C=O) groups is 1. The summed E-state index contributed by atoms with van der Waals surface area (Å²) in [5.41, 5.74) is 5.41. The molecule has 1 amide bonds. The van der Waals surface area contributed by atoms with Crippen molar-refractivity contribution in [2.75, 3.05) is 6.61 Å². The second-order valence-electron chi connectivity index (χ2n) is 3.97. The molecule has 15 heavy (non-hydrogen) atoms. The maximum absolute atomic E-state index is 11.6. The van der Waals surface area contributed by atoms with Crippen LogP contribution < -0.4 is 11.1 Å². The van der Waals surface area contributed by atoms with E-state index < -0.39 is 5.92 Å². The summed E-state index contributed by atoms with van der Waals surface area (Å²) in [5.74, 6) is -0.533. The Hall–Kier alpha value is -0.680. The molecule has 0 radical (unpaired) electrons. The van der Waals surface area contributed by atoms with Crippen LogP contribution in [0.4, 0.5) is 0 Å². The Morgan fingerprint density at radius 2 is 2.27 bits per heavy atom. The largest absolute Gasteiger partial charge is 0.393 e. The maximum atomic E-state index is 11.6. The highest BCUT2D eigenvalue weighted by atomic mass is 32.1. The zero-order chi connectivity index (χ0) is 11.4. The van der Waals surface area contributed by atoms with Gasteiger partial charge in [-0.3, -0.25) is 4.79 Å². The van der Waals surface area contributed by atoms with Gasteiger partial charge < -0.3 is 15.8 Å². The van der Waals surface area contributed by atoms with Gasteiger partial charge in [0.25, 0.3) is 0 Å². The van der Waals surface area contributed by atoms with Gasteiger partial charge in [-0.05, 0) is 26.7 Å². The van der Waals surface area contributed by atoms with E-state index >= 15 is 0 Å². The molecule has 3 atom stereocenters. The summed E-state index contributed by atoms with van der Waals surface area (Å²) < 4.78 is 5.48. The number of carbonyl (C=O) groups excluding carboxylic acids is 1. The standard InChI is InChI=1S/C10H18N2O2S/c1-6(9(11)15)10(13)12-7(2)8-4-3-5-14-8/h6-8H,3-5H2,1-2H3,(H2,11,15)(H,12,13). The zero-order valence-electron chi connectivity index (χ0n) is 9.16. The molecule has 0 saturated carbocycles. The van der Waals surface area contributed by atoms with Crippen molar-refractivity contribution in [3.8, 4) is 0 Å². The second kappa shape index (κ2) is 5.42. The van der Waals surface area contributed by atoms with Crippen molar-refractivity contribution in [3.05, 3.63) is 0 Å². The smallest absolute Gasteiger partial charge is 0.229 e. The summed E-state index contributed by atoms with van der Waals surface area (Å²) in [6.45, 7) is 4.44. The Labute approximate surface area is 95.5 Å². The molecule has 1 aliphatic heterocycles. The van der Waals surface area contributed by atoms with Crippen LogP contribution in [0.2, 0.25) is 0 Å². The Morgan fingerprint density at radius 1 is 1.60 bits per heavy atom.